The van der Waals surface area contributed by atoms with Crippen LogP contribution in [0.5, 0.6) is 0 Å². The third-order valence-electron chi connectivity index (χ3n) is 3.46. The van der Waals surface area contributed by atoms with Gasteiger partial charge in [0, 0.05) is 45.4 Å². The average Bonchev–Trinajstić information content (AvgIpc) is 3.02. The quantitative estimate of drug-likeness (QED) is 0.733. The fourth-order valence-corrected chi connectivity index (χ4v) is 2.17. The van der Waals surface area contributed by atoms with Crippen molar-refractivity contribution in [3.05, 3.63) is 54.4 Å². The summed E-state index contributed by atoms with van der Waals surface area (Å²) in [6.07, 6.45) is 5.31. The van der Waals surface area contributed by atoms with E-state index in [-0.39, 0.29) is 5.91 Å². The van der Waals surface area contributed by atoms with E-state index >= 15 is 0 Å². The Morgan fingerprint density at radius 3 is 2.48 bits per heavy atom. The highest BCUT2D eigenvalue weighted by atomic mass is 16.5. The van der Waals surface area contributed by atoms with Gasteiger partial charge < -0.3 is 14.2 Å². The molecular formula is C17H22N2O2. The largest absolute Gasteiger partial charge is 0.385 e. The monoisotopic (exact) mass is 286 g/mol. The SMILES string of the molecule is COCCCN(C)C(=O)Cc1ccc(-n2cccc2)cc1. The summed E-state index contributed by atoms with van der Waals surface area (Å²) in [5.41, 5.74) is 2.14. The summed E-state index contributed by atoms with van der Waals surface area (Å²) in [4.78, 5) is 13.9. The molecule has 0 atom stereocenters. The van der Waals surface area contributed by atoms with E-state index in [1.165, 1.54) is 0 Å². The number of nitrogens with zero attached hydrogens (tertiary/aromatic N) is 2. The molecule has 0 aliphatic carbocycles. The molecule has 2 aromatic rings. The van der Waals surface area contributed by atoms with Crippen LogP contribution in [-0.4, -0.2) is 42.7 Å². The normalized spacial score (nSPS) is 10.6. The Morgan fingerprint density at radius 2 is 1.86 bits per heavy atom. The molecule has 0 saturated carbocycles. The van der Waals surface area contributed by atoms with Crippen LogP contribution in [0.3, 0.4) is 0 Å². The van der Waals surface area contributed by atoms with Crippen molar-refractivity contribution >= 4 is 5.91 Å². The minimum absolute atomic E-state index is 0.139. The van der Waals surface area contributed by atoms with E-state index < -0.39 is 0 Å². The maximum absolute atomic E-state index is 12.1. The van der Waals surface area contributed by atoms with Gasteiger partial charge in [-0.2, -0.15) is 0 Å². The molecule has 0 bridgehead atoms. The predicted octanol–water partition coefficient (Wildman–Crippen LogP) is 2.51. The molecule has 1 heterocycles. The Balaban J connectivity index is 1.89. The number of ether oxygens (including phenoxy) is 1. The molecule has 1 amide bonds. The number of hydrogen-bond acceptors (Lipinski definition) is 2. The van der Waals surface area contributed by atoms with Crippen molar-refractivity contribution in [2.75, 3.05) is 27.3 Å². The highest BCUT2D eigenvalue weighted by Gasteiger charge is 2.09. The summed E-state index contributed by atoms with van der Waals surface area (Å²) >= 11 is 0. The molecule has 21 heavy (non-hydrogen) atoms. The molecular weight excluding hydrogens is 264 g/mol. The second-order valence-electron chi connectivity index (χ2n) is 5.10. The van der Waals surface area contributed by atoms with Crippen molar-refractivity contribution in [1.29, 1.82) is 0 Å². The van der Waals surface area contributed by atoms with Gasteiger partial charge in [0.2, 0.25) is 5.91 Å². The van der Waals surface area contributed by atoms with E-state index in [0.717, 1.165) is 24.2 Å². The van der Waals surface area contributed by atoms with Crippen LogP contribution in [0.15, 0.2) is 48.8 Å². The van der Waals surface area contributed by atoms with E-state index in [1.54, 1.807) is 12.0 Å². The van der Waals surface area contributed by atoms with Gasteiger partial charge in [-0.1, -0.05) is 12.1 Å². The van der Waals surface area contributed by atoms with Crippen molar-refractivity contribution in [3.63, 3.8) is 0 Å². The summed E-state index contributed by atoms with van der Waals surface area (Å²) in [5.74, 6) is 0.139. The summed E-state index contributed by atoms with van der Waals surface area (Å²) in [6.45, 7) is 1.41. The van der Waals surface area contributed by atoms with Gasteiger partial charge in [-0.05, 0) is 36.2 Å². The Morgan fingerprint density at radius 1 is 1.19 bits per heavy atom. The van der Waals surface area contributed by atoms with Crippen LogP contribution in [0, 0.1) is 0 Å². The molecule has 0 aliphatic rings. The van der Waals surface area contributed by atoms with Gasteiger partial charge in [-0.3, -0.25) is 4.79 Å². The second kappa shape index (κ2) is 7.64. The van der Waals surface area contributed by atoms with E-state index in [9.17, 15) is 4.79 Å². The molecule has 0 aliphatic heterocycles. The molecule has 0 radical (unpaired) electrons. The minimum atomic E-state index is 0.139. The van der Waals surface area contributed by atoms with Crippen molar-refractivity contribution < 1.29 is 9.53 Å². The third-order valence-corrected chi connectivity index (χ3v) is 3.46. The summed E-state index contributed by atoms with van der Waals surface area (Å²) in [5, 5.41) is 0. The first-order valence-corrected chi connectivity index (χ1v) is 7.16. The maximum atomic E-state index is 12.1. The Labute approximate surface area is 125 Å². The van der Waals surface area contributed by atoms with E-state index in [4.69, 9.17) is 4.74 Å². The number of hydrogen-bond donors (Lipinski definition) is 0. The van der Waals surface area contributed by atoms with Crippen LogP contribution in [0.1, 0.15) is 12.0 Å². The van der Waals surface area contributed by atoms with Crippen LogP contribution >= 0.6 is 0 Å². The molecule has 0 unspecified atom stereocenters. The van der Waals surface area contributed by atoms with Crippen LogP contribution < -0.4 is 0 Å². The number of aromatic nitrogens is 1. The number of benzene rings is 1. The standard InChI is InChI=1S/C17H22N2O2/c1-18(10-5-13-21-2)17(20)14-15-6-8-16(9-7-15)19-11-3-4-12-19/h3-4,6-9,11-12H,5,10,13-14H2,1-2H3. The highest BCUT2D eigenvalue weighted by Crippen LogP contribution is 2.11. The van der Waals surface area contributed by atoms with Crippen LogP contribution in [0.2, 0.25) is 0 Å². The van der Waals surface area contributed by atoms with Crippen LogP contribution in [-0.2, 0) is 16.0 Å². The molecule has 4 heteroatoms. The van der Waals surface area contributed by atoms with Crippen molar-refractivity contribution in [1.82, 2.24) is 9.47 Å². The number of carbonyl (C=O) groups is 1. The lowest BCUT2D eigenvalue weighted by Gasteiger charge is -2.17. The highest BCUT2D eigenvalue weighted by molar-refractivity contribution is 5.78. The van der Waals surface area contributed by atoms with Gasteiger partial charge in [0.25, 0.3) is 0 Å². The molecule has 0 saturated heterocycles. The number of likely N-dealkylation sites (N-methyl/N-ethyl adjacent to an activating group) is 1. The number of carbonyl (C=O) groups excluding carboxylic acids is 1. The number of methoxy groups -OCH3 is 1. The molecule has 112 valence electrons. The second-order valence-corrected chi connectivity index (χ2v) is 5.10. The molecule has 4 nitrogen and oxygen atoms in total. The summed E-state index contributed by atoms with van der Waals surface area (Å²) < 4.78 is 7.04. The third kappa shape index (κ3) is 4.46. The first-order valence-electron chi connectivity index (χ1n) is 7.16. The average molecular weight is 286 g/mol. The zero-order valence-corrected chi connectivity index (χ0v) is 12.7. The molecule has 0 spiro atoms. The van der Waals surface area contributed by atoms with Gasteiger partial charge in [-0.25, -0.2) is 0 Å². The lowest BCUT2D eigenvalue weighted by Crippen LogP contribution is -2.29. The topological polar surface area (TPSA) is 34.5 Å². The van der Waals surface area contributed by atoms with Gasteiger partial charge in [0.05, 0.1) is 6.42 Å². The Hall–Kier alpha value is -2.07. The fraction of sp³-hybridized carbons (Fsp3) is 0.353. The van der Waals surface area contributed by atoms with E-state index in [0.29, 0.717) is 13.0 Å². The Kier molecular flexibility index (Phi) is 5.58. The zero-order chi connectivity index (χ0) is 15.1. The maximum Gasteiger partial charge on any atom is 0.226 e. The van der Waals surface area contributed by atoms with Crippen molar-refractivity contribution in [3.8, 4) is 5.69 Å². The summed E-state index contributed by atoms with van der Waals surface area (Å²) in [6, 6.07) is 12.1. The van der Waals surface area contributed by atoms with Gasteiger partial charge in [-0.15, -0.1) is 0 Å². The molecule has 0 fully saturated rings. The first-order chi connectivity index (χ1) is 10.2. The number of amides is 1. The van der Waals surface area contributed by atoms with Gasteiger partial charge in [0.15, 0.2) is 0 Å². The lowest BCUT2D eigenvalue weighted by molar-refractivity contribution is -0.129. The number of rotatable bonds is 7. The van der Waals surface area contributed by atoms with E-state index in [1.807, 2.05) is 60.4 Å². The summed E-state index contributed by atoms with van der Waals surface area (Å²) in [7, 11) is 3.51. The molecule has 1 aromatic carbocycles. The lowest BCUT2D eigenvalue weighted by atomic mass is 10.1. The molecule has 0 N–H and O–H groups in total. The Bertz CT molecular complexity index is 547. The fourth-order valence-electron chi connectivity index (χ4n) is 2.17. The predicted molar refractivity (Wildman–Crippen MR) is 83.6 cm³/mol. The zero-order valence-electron chi connectivity index (χ0n) is 12.7. The molecule has 1 aromatic heterocycles. The minimum Gasteiger partial charge on any atom is -0.385 e. The van der Waals surface area contributed by atoms with Gasteiger partial charge >= 0.3 is 0 Å². The van der Waals surface area contributed by atoms with E-state index in [2.05, 4.69) is 0 Å². The smallest absolute Gasteiger partial charge is 0.226 e. The van der Waals surface area contributed by atoms with Crippen molar-refractivity contribution in [2.24, 2.45) is 0 Å². The van der Waals surface area contributed by atoms with Crippen molar-refractivity contribution in [2.45, 2.75) is 12.8 Å². The van der Waals surface area contributed by atoms with Crippen LogP contribution in [0.4, 0.5) is 0 Å². The van der Waals surface area contributed by atoms with Gasteiger partial charge in [0.1, 0.15) is 0 Å². The molecule has 2 rings (SSSR count). The first kappa shape index (κ1) is 15.3. The van der Waals surface area contributed by atoms with Crippen LogP contribution in [0.25, 0.3) is 5.69 Å².